The molecule has 0 rings (SSSR count). The lowest BCUT2D eigenvalue weighted by atomic mass is 10.0. The van der Waals surface area contributed by atoms with Crippen LogP contribution < -0.4 is 0 Å². The highest BCUT2D eigenvalue weighted by Crippen LogP contribution is 2.15. The summed E-state index contributed by atoms with van der Waals surface area (Å²) in [6.07, 6.45) is 47.2. The van der Waals surface area contributed by atoms with E-state index in [0.717, 1.165) is 89.9 Å². The first-order valence-electron chi connectivity index (χ1n) is 22.5. The molecule has 0 spiro atoms. The van der Waals surface area contributed by atoms with Crippen LogP contribution in [0.15, 0.2) is 36.5 Å². The van der Waals surface area contributed by atoms with Gasteiger partial charge in [-0.05, 0) is 64.2 Å². The Hall–Kier alpha value is -2.37. The van der Waals surface area contributed by atoms with Gasteiger partial charge in [0.2, 0.25) is 0 Å². The molecule has 0 aliphatic heterocycles. The van der Waals surface area contributed by atoms with E-state index in [0.29, 0.717) is 19.3 Å². The van der Waals surface area contributed by atoms with Crippen LogP contribution in [0.2, 0.25) is 0 Å². The molecule has 6 heteroatoms. The van der Waals surface area contributed by atoms with E-state index in [4.69, 9.17) is 14.2 Å². The van der Waals surface area contributed by atoms with Gasteiger partial charge < -0.3 is 14.2 Å². The molecule has 0 N–H and O–H groups in total. The van der Waals surface area contributed by atoms with Crippen molar-refractivity contribution < 1.29 is 28.6 Å². The average Bonchev–Trinajstić information content (AvgIpc) is 3.15. The van der Waals surface area contributed by atoms with Crippen molar-refractivity contribution in [1.82, 2.24) is 0 Å². The number of hydrogen-bond donors (Lipinski definition) is 0. The summed E-state index contributed by atoms with van der Waals surface area (Å²) < 4.78 is 16.6. The Bertz CT molecular complexity index is 907. The minimum absolute atomic E-state index is 0.0850. The van der Waals surface area contributed by atoms with Gasteiger partial charge in [0.15, 0.2) is 6.10 Å². The molecular formula is C47H84O6. The third kappa shape index (κ3) is 40.6. The monoisotopic (exact) mass is 745 g/mol. The van der Waals surface area contributed by atoms with E-state index in [9.17, 15) is 14.4 Å². The van der Waals surface area contributed by atoms with Gasteiger partial charge in [-0.15, -0.1) is 0 Å². The minimum atomic E-state index is -0.784. The SMILES string of the molecule is CC/C=C\C/C=C\CCCCC(=O)OCC(COC(=O)CCCCCCCCCCCCCCCCCC)OC(=O)CCCCCC/C=C\CCCC. The van der Waals surface area contributed by atoms with E-state index in [-0.39, 0.29) is 31.1 Å². The van der Waals surface area contributed by atoms with Crippen LogP contribution in [-0.2, 0) is 28.6 Å². The number of hydrogen-bond acceptors (Lipinski definition) is 6. The Balaban J connectivity index is 4.31. The van der Waals surface area contributed by atoms with Crippen LogP contribution in [0.1, 0.15) is 226 Å². The van der Waals surface area contributed by atoms with Gasteiger partial charge in [0, 0.05) is 19.3 Å². The predicted molar refractivity (Wildman–Crippen MR) is 224 cm³/mol. The summed E-state index contributed by atoms with van der Waals surface area (Å²) >= 11 is 0. The highest BCUT2D eigenvalue weighted by Gasteiger charge is 2.19. The highest BCUT2D eigenvalue weighted by molar-refractivity contribution is 5.71. The predicted octanol–water partition coefficient (Wildman–Crippen LogP) is 14.2. The molecule has 1 unspecified atom stereocenters. The zero-order valence-corrected chi connectivity index (χ0v) is 35.0. The summed E-state index contributed by atoms with van der Waals surface area (Å²) in [6, 6.07) is 0. The second-order valence-corrected chi connectivity index (χ2v) is 14.9. The first-order chi connectivity index (χ1) is 26.0. The summed E-state index contributed by atoms with van der Waals surface area (Å²) in [6.45, 7) is 6.43. The van der Waals surface area contributed by atoms with Crippen molar-refractivity contribution in [2.45, 2.75) is 232 Å². The van der Waals surface area contributed by atoms with Gasteiger partial charge in [-0.2, -0.15) is 0 Å². The second kappa shape index (κ2) is 42.4. The third-order valence-corrected chi connectivity index (χ3v) is 9.63. The van der Waals surface area contributed by atoms with Gasteiger partial charge in [0.05, 0.1) is 0 Å². The van der Waals surface area contributed by atoms with E-state index in [1.807, 2.05) is 0 Å². The van der Waals surface area contributed by atoms with Crippen molar-refractivity contribution in [3.05, 3.63) is 36.5 Å². The smallest absolute Gasteiger partial charge is 0.306 e. The molecule has 0 bridgehead atoms. The Morgan fingerprint density at radius 2 is 0.755 bits per heavy atom. The summed E-state index contributed by atoms with van der Waals surface area (Å²) in [5, 5.41) is 0. The maximum Gasteiger partial charge on any atom is 0.306 e. The fourth-order valence-electron chi connectivity index (χ4n) is 6.22. The number of unbranched alkanes of at least 4 members (excludes halogenated alkanes) is 23. The van der Waals surface area contributed by atoms with Crippen LogP contribution in [0.3, 0.4) is 0 Å². The van der Waals surface area contributed by atoms with Crippen LogP contribution in [0.4, 0.5) is 0 Å². The van der Waals surface area contributed by atoms with Crippen LogP contribution in [0.5, 0.6) is 0 Å². The lowest BCUT2D eigenvalue weighted by Gasteiger charge is -2.18. The Labute approximate surface area is 327 Å². The van der Waals surface area contributed by atoms with Crippen LogP contribution in [0.25, 0.3) is 0 Å². The van der Waals surface area contributed by atoms with E-state index in [2.05, 4.69) is 57.2 Å². The molecule has 0 saturated heterocycles. The maximum atomic E-state index is 12.6. The molecular weight excluding hydrogens is 661 g/mol. The molecule has 0 fully saturated rings. The van der Waals surface area contributed by atoms with E-state index >= 15 is 0 Å². The topological polar surface area (TPSA) is 78.9 Å². The average molecular weight is 745 g/mol. The summed E-state index contributed by atoms with van der Waals surface area (Å²) in [5.74, 6) is -0.936. The van der Waals surface area contributed by atoms with Gasteiger partial charge in [-0.1, -0.05) is 179 Å². The molecule has 308 valence electrons. The number of carbonyl (C=O) groups is 3. The molecule has 0 radical (unpaired) electrons. The molecule has 0 amide bonds. The maximum absolute atomic E-state index is 12.6. The van der Waals surface area contributed by atoms with Crippen LogP contribution in [-0.4, -0.2) is 37.2 Å². The Morgan fingerprint density at radius 1 is 0.396 bits per heavy atom. The fourth-order valence-corrected chi connectivity index (χ4v) is 6.22. The normalized spacial score (nSPS) is 12.3. The largest absolute Gasteiger partial charge is 0.462 e. The number of rotatable bonds is 40. The molecule has 0 aromatic rings. The second-order valence-electron chi connectivity index (χ2n) is 14.9. The zero-order chi connectivity index (χ0) is 38.7. The molecule has 0 saturated carbocycles. The van der Waals surface area contributed by atoms with Gasteiger partial charge >= 0.3 is 17.9 Å². The third-order valence-electron chi connectivity index (χ3n) is 9.63. The lowest BCUT2D eigenvalue weighted by Crippen LogP contribution is -2.30. The number of esters is 3. The van der Waals surface area contributed by atoms with Crippen molar-refractivity contribution in [2.24, 2.45) is 0 Å². The molecule has 0 aliphatic rings. The first kappa shape index (κ1) is 50.6. The fraction of sp³-hybridized carbons (Fsp3) is 0.809. The molecule has 6 nitrogen and oxygen atoms in total. The van der Waals surface area contributed by atoms with Crippen molar-refractivity contribution in [3.63, 3.8) is 0 Å². The molecule has 0 aliphatic carbocycles. The first-order valence-corrected chi connectivity index (χ1v) is 22.5. The molecule has 0 aromatic carbocycles. The van der Waals surface area contributed by atoms with Crippen LogP contribution >= 0.6 is 0 Å². The van der Waals surface area contributed by atoms with Crippen molar-refractivity contribution >= 4 is 17.9 Å². The van der Waals surface area contributed by atoms with E-state index in [1.54, 1.807) is 0 Å². The Kier molecular flexibility index (Phi) is 40.5. The highest BCUT2D eigenvalue weighted by atomic mass is 16.6. The van der Waals surface area contributed by atoms with Crippen molar-refractivity contribution in [1.29, 1.82) is 0 Å². The number of carbonyl (C=O) groups excluding carboxylic acids is 3. The minimum Gasteiger partial charge on any atom is -0.462 e. The quantitative estimate of drug-likeness (QED) is 0.0269. The Morgan fingerprint density at radius 3 is 1.25 bits per heavy atom. The molecule has 0 heterocycles. The standard InChI is InChI=1S/C47H84O6/c1-4-7-10-13-16-19-21-22-23-24-25-26-29-31-34-37-40-46(49)52-43-44(42-51-45(48)39-36-33-30-27-18-15-12-9-6-3)53-47(50)41-38-35-32-28-20-17-14-11-8-5-2/h9,12,14,17-18,27,44H,4-8,10-11,13,15-16,19-26,28-43H2,1-3H3/b12-9-,17-14-,27-18-. The summed E-state index contributed by atoms with van der Waals surface area (Å²) in [5.41, 5.74) is 0. The summed E-state index contributed by atoms with van der Waals surface area (Å²) in [7, 11) is 0. The van der Waals surface area contributed by atoms with Crippen molar-refractivity contribution in [3.8, 4) is 0 Å². The lowest BCUT2D eigenvalue weighted by molar-refractivity contribution is -0.167. The summed E-state index contributed by atoms with van der Waals surface area (Å²) in [4.78, 5) is 37.6. The molecule has 53 heavy (non-hydrogen) atoms. The molecule has 1 atom stereocenters. The van der Waals surface area contributed by atoms with Gasteiger partial charge in [0.1, 0.15) is 13.2 Å². The van der Waals surface area contributed by atoms with E-state index < -0.39 is 6.10 Å². The number of ether oxygens (including phenoxy) is 3. The number of allylic oxidation sites excluding steroid dienone is 6. The van der Waals surface area contributed by atoms with Crippen molar-refractivity contribution in [2.75, 3.05) is 13.2 Å². The van der Waals surface area contributed by atoms with Crippen LogP contribution in [0, 0.1) is 0 Å². The van der Waals surface area contributed by atoms with Gasteiger partial charge in [0.25, 0.3) is 0 Å². The van der Waals surface area contributed by atoms with Gasteiger partial charge in [-0.3, -0.25) is 14.4 Å². The van der Waals surface area contributed by atoms with E-state index in [1.165, 1.54) is 96.3 Å². The zero-order valence-electron chi connectivity index (χ0n) is 35.0. The molecule has 0 aromatic heterocycles. The van der Waals surface area contributed by atoms with Gasteiger partial charge in [-0.25, -0.2) is 0 Å².